The Hall–Kier alpha value is -1.06. The fourth-order valence-corrected chi connectivity index (χ4v) is 1.86. The number of methoxy groups -OCH3 is 1. The molecule has 1 unspecified atom stereocenters. The lowest BCUT2D eigenvalue weighted by Gasteiger charge is -2.22. The van der Waals surface area contributed by atoms with Crippen molar-refractivity contribution in [2.75, 3.05) is 13.7 Å². The third-order valence-corrected chi connectivity index (χ3v) is 2.88. The van der Waals surface area contributed by atoms with Crippen LogP contribution in [0.1, 0.15) is 44.4 Å². The summed E-state index contributed by atoms with van der Waals surface area (Å²) in [5, 5.41) is 13.5. The van der Waals surface area contributed by atoms with E-state index in [9.17, 15) is 5.11 Å². The summed E-state index contributed by atoms with van der Waals surface area (Å²) in [5.41, 5.74) is 2.09. The van der Waals surface area contributed by atoms with Crippen molar-refractivity contribution in [3.05, 3.63) is 29.3 Å². The van der Waals surface area contributed by atoms with Gasteiger partial charge in [-0.05, 0) is 63.9 Å². The van der Waals surface area contributed by atoms with Gasteiger partial charge in [-0.25, -0.2) is 0 Å². The smallest absolute Gasteiger partial charge is 0.121 e. The van der Waals surface area contributed by atoms with E-state index in [1.807, 2.05) is 25.1 Å². The van der Waals surface area contributed by atoms with Gasteiger partial charge in [-0.15, -0.1) is 0 Å². The second-order valence-corrected chi connectivity index (χ2v) is 5.71. The Morgan fingerprint density at radius 2 is 2.00 bits per heavy atom. The largest absolute Gasteiger partial charge is 0.496 e. The van der Waals surface area contributed by atoms with Gasteiger partial charge < -0.3 is 15.2 Å². The first-order valence-electron chi connectivity index (χ1n) is 6.41. The lowest BCUT2D eigenvalue weighted by atomic mass is 10.0. The molecule has 0 aliphatic carbocycles. The molecule has 1 rings (SSSR count). The van der Waals surface area contributed by atoms with Crippen molar-refractivity contribution in [1.82, 2.24) is 5.32 Å². The molecule has 0 aliphatic heterocycles. The van der Waals surface area contributed by atoms with E-state index in [4.69, 9.17) is 4.74 Å². The molecule has 0 aromatic heterocycles. The van der Waals surface area contributed by atoms with Crippen molar-refractivity contribution in [1.29, 1.82) is 0 Å². The minimum Gasteiger partial charge on any atom is -0.496 e. The first-order valence-corrected chi connectivity index (χ1v) is 6.41. The molecule has 2 N–H and O–H groups in total. The fourth-order valence-electron chi connectivity index (χ4n) is 1.86. The molecule has 102 valence electrons. The minimum absolute atomic E-state index is 0.0928. The lowest BCUT2D eigenvalue weighted by molar-refractivity contribution is 0.163. The molecule has 1 aromatic carbocycles. The van der Waals surface area contributed by atoms with E-state index in [0.29, 0.717) is 6.42 Å². The molecular formula is C15H25NO2. The lowest BCUT2D eigenvalue weighted by Crippen LogP contribution is -2.36. The maximum absolute atomic E-state index is 10.1. The van der Waals surface area contributed by atoms with Gasteiger partial charge >= 0.3 is 0 Å². The number of hydrogen-bond donors (Lipinski definition) is 2. The first-order chi connectivity index (χ1) is 8.33. The number of rotatable bonds is 5. The molecule has 3 heteroatoms. The van der Waals surface area contributed by atoms with E-state index < -0.39 is 6.10 Å². The molecule has 0 heterocycles. The number of aliphatic hydroxyl groups excluding tert-OH is 1. The maximum atomic E-state index is 10.1. The van der Waals surface area contributed by atoms with Crippen LogP contribution in [0.25, 0.3) is 0 Å². The van der Waals surface area contributed by atoms with Gasteiger partial charge in [-0.2, -0.15) is 0 Å². The van der Waals surface area contributed by atoms with E-state index in [1.54, 1.807) is 7.11 Å². The Bertz CT molecular complexity index is 383. The summed E-state index contributed by atoms with van der Waals surface area (Å²) < 4.78 is 5.21. The van der Waals surface area contributed by atoms with Crippen LogP contribution in [-0.2, 0) is 0 Å². The van der Waals surface area contributed by atoms with E-state index in [0.717, 1.165) is 23.4 Å². The van der Waals surface area contributed by atoms with Gasteiger partial charge in [0.1, 0.15) is 5.75 Å². The molecule has 0 spiro atoms. The van der Waals surface area contributed by atoms with E-state index in [1.165, 1.54) is 0 Å². The molecule has 1 atom stereocenters. The highest BCUT2D eigenvalue weighted by Crippen LogP contribution is 2.24. The van der Waals surface area contributed by atoms with Gasteiger partial charge in [0.25, 0.3) is 0 Å². The van der Waals surface area contributed by atoms with Crippen LogP contribution >= 0.6 is 0 Å². The molecule has 0 aliphatic rings. The molecule has 0 bridgehead atoms. The predicted octanol–water partition coefficient (Wildman–Crippen LogP) is 2.82. The summed E-state index contributed by atoms with van der Waals surface area (Å²) in [6.07, 6.45) is 0.285. The van der Waals surface area contributed by atoms with Crippen LogP contribution in [0.5, 0.6) is 5.75 Å². The van der Waals surface area contributed by atoms with Crippen molar-refractivity contribution in [2.45, 2.75) is 45.8 Å². The highest BCUT2D eigenvalue weighted by atomic mass is 16.5. The Kier molecular flexibility index (Phi) is 5.17. The molecular weight excluding hydrogens is 226 g/mol. The van der Waals surface area contributed by atoms with Crippen molar-refractivity contribution in [3.63, 3.8) is 0 Å². The van der Waals surface area contributed by atoms with Gasteiger partial charge in [0.15, 0.2) is 0 Å². The second kappa shape index (κ2) is 6.21. The SMILES string of the molecule is COc1ccc(C(O)CCNC(C)(C)C)cc1C. The van der Waals surface area contributed by atoms with Crippen LogP contribution in [0.3, 0.4) is 0 Å². The van der Waals surface area contributed by atoms with Crippen molar-refractivity contribution in [3.8, 4) is 5.75 Å². The van der Waals surface area contributed by atoms with Crippen LogP contribution in [0, 0.1) is 6.92 Å². The summed E-state index contributed by atoms with van der Waals surface area (Å²) in [5.74, 6) is 0.860. The molecule has 0 saturated heterocycles. The van der Waals surface area contributed by atoms with Gasteiger partial charge in [0.05, 0.1) is 13.2 Å². The van der Waals surface area contributed by atoms with E-state index in [2.05, 4.69) is 26.1 Å². The quantitative estimate of drug-likeness (QED) is 0.845. The van der Waals surface area contributed by atoms with Crippen LogP contribution in [0.15, 0.2) is 18.2 Å². The molecule has 3 nitrogen and oxygen atoms in total. The minimum atomic E-state index is -0.426. The van der Waals surface area contributed by atoms with Crippen LogP contribution in [0.2, 0.25) is 0 Å². The molecule has 0 amide bonds. The molecule has 1 aromatic rings. The zero-order chi connectivity index (χ0) is 13.8. The van der Waals surface area contributed by atoms with Crippen molar-refractivity contribution >= 4 is 0 Å². The third kappa shape index (κ3) is 4.67. The predicted molar refractivity (Wildman–Crippen MR) is 75.1 cm³/mol. The molecule has 18 heavy (non-hydrogen) atoms. The van der Waals surface area contributed by atoms with E-state index >= 15 is 0 Å². The highest BCUT2D eigenvalue weighted by Gasteiger charge is 2.12. The monoisotopic (exact) mass is 251 g/mol. The van der Waals surface area contributed by atoms with Gasteiger partial charge in [0.2, 0.25) is 0 Å². The fraction of sp³-hybridized carbons (Fsp3) is 0.600. The average Bonchev–Trinajstić information content (AvgIpc) is 2.27. The van der Waals surface area contributed by atoms with Gasteiger partial charge in [-0.3, -0.25) is 0 Å². The summed E-state index contributed by atoms with van der Waals surface area (Å²) in [6, 6.07) is 5.82. The zero-order valence-corrected chi connectivity index (χ0v) is 12.1. The van der Waals surface area contributed by atoms with Crippen molar-refractivity contribution in [2.24, 2.45) is 0 Å². The van der Waals surface area contributed by atoms with Crippen LogP contribution in [0.4, 0.5) is 0 Å². The standard InChI is InChI=1S/C15H25NO2/c1-11-10-12(6-7-14(11)18-5)13(17)8-9-16-15(2,3)4/h6-7,10,13,16-17H,8-9H2,1-5H3. The van der Waals surface area contributed by atoms with Gasteiger partial charge in [0, 0.05) is 5.54 Å². The summed E-state index contributed by atoms with van der Waals surface area (Å²) in [4.78, 5) is 0. The Labute approximate surface area is 110 Å². The number of hydrogen-bond acceptors (Lipinski definition) is 3. The number of aliphatic hydroxyl groups is 1. The maximum Gasteiger partial charge on any atom is 0.121 e. The number of aryl methyl sites for hydroxylation is 1. The van der Waals surface area contributed by atoms with Crippen LogP contribution < -0.4 is 10.1 Å². The zero-order valence-electron chi connectivity index (χ0n) is 12.1. The third-order valence-electron chi connectivity index (χ3n) is 2.88. The second-order valence-electron chi connectivity index (χ2n) is 5.71. The number of ether oxygens (including phenoxy) is 1. The summed E-state index contributed by atoms with van der Waals surface area (Å²) in [7, 11) is 1.66. The summed E-state index contributed by atoms with van der Waals surface area (Å²) >= 11 is 0. The highest BCUT2D eigenvalue weighted by molar-refractivity contribution is 5.36. The Balaban J connectivity index is 2.56. The summed E-state index contributed by atoms with van der Waals surface area (Å²) in [6.45, 7) is 9.16. The number of nitrogens with one attached hydrogen (secondary N) is 1. The topological polar surface area (TPSA) is 41.5 Å². The Morgan fingerprint density at radius 3 is 2.50 bits per heavy atom. The average molecular weight is 251 g/mol. The molecule has 0 fully saturated rings. The van der Waals surface area contributed by atoms with Crippen LogP contribution in [-0.4, -0.2) is 24.3 Å². The van der Waals surface area contributed by atoms with E-state index in [-0.39, 0.29) is 5.54 Å². The molecule has 0 radical (unpaired) electrons. The number of benzene rings is 1. The van der Waals surface area contributed by atoms with Gasteiger partial charge in [-0.1, -0.05) is 6.07 Å². The molecule has 0 saturated carbocycles. The first kappa shape index (κ1) is 15.0. The normalized spacial score (nSPS) is 13.4. The van der Waals surface area contributed by atoms with Crippen molar-refractivity contribution < 1.29 is 9.84 Å². The Morgan fingerprint density at radius 1 is 1.33 bits per heavy atom.